The molecule has 0 bridgehead atoms. The minimum absolute atomic E-state index is 0.455. The molecule has 0 atom stereocenters. The highest BCUT2D eigenvalue weighted by Gasteiger charge is 2.01. The van der Waals surface area contributed by atoms with Crippen LogP contribution in [-0.4, -0.2) is 14.4 Å². The summed E-state index contributed by atoms with van der Waals surface area (Å²) in [6, 6.07) is 0. The molecular weight excluding hydrogens is 152 g/mol. The molecule has 62 valence electrons. The maximum absolute atomic E-state index is 5.54. The Labute approximate surface area is 70.1 Å². The van der Waals surface area contributed by atoms with Crippen LogP contribution in [0, 0.1) is 6.92 Å². The summed E-state index contributed by atoms with van der Waals surface area (Å²) in [5.74, 6) is 0. The van der Waals surface area contributed by atoms with Crippen molar-refractivity contribution in [2.75, 3.05) is 0 Å². The van der Waals surface area contributed by atoms with Crippen LogP contribution in [0.2, 0.25) is 0 Å². The van der Waals surface area contributed by atoms with Gasteiger partial charge in [0.05, 0.1) is 29.4 Å². The Bertz CT molecular complexity index is 404. The molecular formula is C8H10N4. The quantitative estimate of drug-likeness (QED) is 0.664. The summed E-state index contributed by atoms with van der Waals surface area (Å²) >= 11 is 0. The Morgan fingerprint density at radius 2 is 2.42 bits per heavy atom. The summed E-state index contributed by atoms with van der Waals surface area (Å²) < 4.78 is 1.94. The molecule has 0 saturated carbocycles. The van der Waals surface area contributed by atoms with Crippen LogP contribution < -0.4 is 5.73 Å². The van der Waals surface area contributed by atoms with Crippen molar-refractivity contribution in [1.82, 2.24) is 14.4 Å². The van der Waals surface area contributed by atoms with Crippen LogP contribution >= 0.6 is 0 Å². The lowest BCUT2D eigenvalue weighted by molar-refractivity contribution is 0.944. The number of aryl methyl sites for hydroxylation is 1. The van der Waals surface area contributed by atoms with Crippen molar-refractivity contribution in [3.8, 4) is 0 Å². The van der Waals surface area contributed by atoms with E-state index in [9.17, 15) is 0 Å². The highest BCUT2D eigenvalue weighted by atomic mass is 15.0. The van der Waals surface area contributed by atoms with Crippen LogP contribution in [0.3, 0.4) is 0 Å². The number of aromatic nitrogens is 3. The van der Waals surface area contributed by atoms with Gasteiger partial charge in [-0.2, -0.15) is 0 Å². The zero-order valence-corrected chi connectivity index (χ0v) is 6.86. The summed E-state index contributed by atoms with van der Waals surface area (Å²) in [5, 5.41) is 0. The van der Waals surface area contributed by atoms with Crippen LogP contribution in [0.5, 0.6) is 0 Å². The Morgan fingerprint density at radius 3 is 3.17 bits per heavy atom. The van der Waals surface area contributed by atoms with Gasteiger partial charge in [-0.3, -0.25) is 4.98 Å². The van der Waals surface area contributed by atoms with E-state index in [2.05, 4.69) is 9.97 Å². The second-order valence-corrected chi connectivity index (χ2v) is 2.72. The number of hydrogen-bond acceptors (Lipinski definition) is 3. The molecule has 4 heteroatoms. The van der Waals surface area contributed by atoms with Gasteiger partial charge in [-0.15, -0.1) is 0 Å². The Morgan fingerprint density at radius 1 is 1.58 bits per heavy atom. The molecule has 2 N–H and O–H groups in total. The van der Waals surface area contributed by atoms with E-state index < -0.39 is 0 Å². The van der Waals surface area contributed by atoms with Crippen LogP contribution in [0.4, 0.5) is 0 Å². The molecule has 0 unspecified atom stereocenters. The third kappa shape index (κ3) is 0.967. The van der Waals surface area contributed by atoms with E-state index >= 15 is 0 Å². The van der Waals surface area contributed by atoms with Gasteiger partial charge in [-0.05, 0) is 6.92 Å². The molecule has 0 amide bonds. The minimum Gasteiger partial charge on any atom is -0.325 e. The molecule has 0 radical (unpaired) electrons. The number of nitrogens with two attached hydrogens (primary N) is 1. The number of rotatable bonds is 1. The first-order chi connectivity index (χ1) is 5.81. The van der Waals surface area contributed by atoms with Gasteiger partial charge < -0.3 is 10.1 Å². The fourth-order valence-electron chi connectivity index (χ4n) is 1.28. The Kier molecular flexibility index (Phi) is 1.55. The lowest BCUT2D eigenvalue weighted by Crippen LogP contribution is -2.03. The second kappa shape index (κ2) is 2.57. The summed E-state index contributed by atoms with van der Waals surface area (Å²) in [4.78, 5) is 8.32. The van der Waals surface area contributed by atoms with Crippen LogP contribution in [0.15, 0.2) is 18.7 Å². The summed E-state index contributed by atoms with van der Waals surface area (Å²) in [6.45, 7) is 2.40. The van der Waals surface area contributed by atoms with Gasteiger partial charge in [0, 0.05) is 12.7 Å². The van der Waals surface area contributed by atoms with Crippen molar-refractivity contribution < 1.29 is 0 Å². The van der Waals surface area contributed by atoms with Crippen molar-refractivity contribution >= 4 is 5.52 Å². The zero-order chi connectivity index (χ0) is 8.55. The maximum atomic E-state index is 5.54. The molecule has 12 heavy (non-hydrogen) atoms. The molecule has 2 aromatic heterocycles. The molecule has 2 aromatic rings. The van der Waals surface area contributed by atoms with Crippen molar-refractivity contribution in [2.24, 2.45) is 5.73 Å². The van der Waals surface area contributed by atoms with E-state index in [1.807, 2.05) is 17.5 Å². The van der Waals surface area contributed by atoms with E-state index in [1.165, 1.54) is 0 Å². The Hall–Kier alpha value is -1.42. The average molecular weight is 162 g/mol. The Balaban J connectivity index is 2.80. The fraction of sp³-hybridized carbons (Fsp3) is 0.250. The molecule has 0 aliphatic rings. The van der Waals surface area contributed by atoms with E-state index in [0.717, 1.165) is 16.9 Å². The highest BCUT2D eigenvalue weighted by Crippen LogP contribution is 2.07. The van der Waals surface area contributed by atoms with Crippen molar-refractivity contribution in [1.29, 1.82) is 0 Å². The molecule has 0 aliphatic heterocycles. The number of hydrogen-bond donors (Lipinski definition) is 1. The third-order valence-corrected chi connectivity index (χ3v) is 1.79. The van der Waals surface area contributed by atoms with Gasteiger partial charge >= 0.3 is 0 Å². The molecule has 0 saturated heterocycles. The summed E-state index contributed by atoms with van der Waals surface area (Å²) in [5.41, 5.74) is 8.38. The van der Waals surface area contributed by atoms with Gasteiger partial charge in [0.1, 0.15) is 0 Å². The van der Waals surface area contributed by atoms with Crippen molar-refractivity contribution in [3.05, 3.63) is 30.1 Å². The summed E-state index contributed by atoms with van der Waals surface area (Å²) in [6.07, 6.45) is 5.46. The predicted molar refractivity (Wildman–Crippen MR) is 45.6 cm³/mol. The van der Waals surface area contributed by atoms with Crippen LogP contribution in [0.25, 0.3) is 5.52 Å². The third-order valence-electron chi connectivity index (χ3n) is 1.79. The van der Waals surface area contributed by atoms with E-state index in [0.29, 0.717) is 6.54 Å². The van der Waals surface area contributed by atoms with Gasteiger partial charge in [-0.1, -0.05) is 0 Å². The number of imidazole rings is 1. The van der Waals surface area contributed by atoms with E-state index in [4.69, 9.17) is 5.73 Å². The minimum atomic E-state index is 0.455. The molecule has 4 nitrogen and oxygen atoms in total. The predicted octanol–water partition coefficient (Wildman–Crippen LogP) is 0.496. The SMILES string of the molecule is Cc1cn2cncc2c(CN)n1. The first-order valence-electron chi connectivity index (χ1n) is 3.79. The monoisotopic (exact) mass is 162 g/mol. The van der Waals surface area contributed by atoms with Gasteiger partial charge in [0.15, 0.2) is 0 Å². The van der Waals surface area contributed by atoms with E-state index in [1.54, 1.807) is 12.5 Å². The van der Waals surface area contributed by atoms with Crippen molar-refractivity contribution in [2.45, 2.75) is 13.5 Å². The molecule has 2 rings (SSSR count). The molecule has 0 aliphatic carbocycles. The smallest absolute Gasteiger partial charge is 0.0993 e. The van der Waals surface area contributed by atoms with Gasteiger partial charge in [0.2, 0.25) is 0 Å². The second-order valence-electron chi connectivity index (χ2n) is 2.72. The lowest BCUT2D eigenvalue weighted by atomic mass is 10.3. The largest absolute Gasteiger partial charge is 0.325 e. The highest BCUT2D eigenvalue weighted by molar-refractivity contribution is 5.49. The first-order valence-corrected chi connectivity index (χ1v) is 3.79. The normalized spacial score (nSPS) is 10.8. The van der Waals surface area contributed by atoms with Crippen molar-refractivity contribution in [3.63, 3.8) is 0 Å². The fourth-order valence-corrected chi connectivity index (χ4v) is 1.28. The van der Waals surface area contributed by atoms with Crippen LogP contribution in [-0.2, 0) is 6.54 Å². The van der Waals surface area contributed by atoms with Gasteiger partial charge in [-0.25, -0.2) is 4.98 Å². The molecule has 0 spiro atoms. The first kappa shape index (κ1) is 7.24. The molecule has 0 aromatic carbocycles. The van der Waals surface area contributed by atoms with E-state index in [-0.39, 0.29) is 0 Å². The summed E-state index contributed by atoms with van der Waals surface area (Å²) in [7, 11) is 0. The standard InChI is InChI=1S/C8H10N4/c1-6-4-12-5-10-3-8(12)7(2-9)11-6/h3-5H,2,9H2,1H3. The zero-order valence-electron chi connectivity index (χ0n) is 6.86. The number of nitrogens with zero attached hydrogens (tertiary/aromatic N) is 3. The topological polar surface area (TPSA) is 56.2 Å². The maximum Gasteiger partial charge on any atom is 0.0993 e. The molecule has 2 heterocycles. The average Bonchev–Trinajstić information content (AvgIpc) is 2.50. The number of fused-ring (bicyclic) bond motifs is 1. The van der Waals surface area contributed by atoms with Gasteiger partial charge in [0.25, 0.3) is 0 Å². The lowest BCUT2D eigenvalue weighted by Gasteiger charge is -2.01. The molecule has 0 fully saturated rings. The van der Waals surface area contributed by atoms with Crippen LogP contribution in [0.1, 0.15) is 11.4 Å².